The highest BCUT2D eigenvalue weighted by atomic mass is 19.1. The Labute approximate surface area is 181 Å². The second kappa shape index (κ2) is 9.75. The monoisotopic (exact) mass is 423 g/mol. The zero-order chi connectivity index (χ0) is 21.6. The van der Waals surface area contributed by atoms with Crippen molar-refractivity contribution < 1.29 is 18.4 Å². The van der Waals surface area contributed by atoms with Gasteiger partial charge in [-0.25, -0.2) is 4.39 Å². The lowest BCUT2D eigenvalue weighted by molar-refractivity contribution is -0.121. The third-order valence-electron chi connectivity index (χ3n) is 5.47. The van der Waals surface area contributed by atoms with Gasteiger partial charge in [0.05, 0.1) is 6.61 Å². The molecule has 7 heteroatoms. The average Bonchev–Trinajstić information content (AvgIpc) is 3.24. The van der Waals surface area contributed by atoms with E-state index in [1.807, 2.05) is 24.3 Å². The van der Waals surface area contributed by atoms with Gasteiger partial charge in [0, 0.05) is 36.1 Å². The predicted octanol–water partition coefficient (Wildman–Crippen LogP) is 4.87. The second-order valence-corrected chi connectivity index (χ2v) is 7.95. The number of halogens is 1. The molecule has 0 aliphatic carbocycles. The highest BCUT2D eigenvalue weighted by Crippen LogP contribution is 2.24. The Kier molecular flexibility index (Phi) is 6.62. The molecule has 31 heavy (non-hydrogen) atoms. The molecule has 1 saturated heterocycles. The molecule has 1 aliphatic rings. The van der Waals surface area contributed by atoms with Crippen LogP contribution in [0.5, 0.6) is 0 Å². The van der Waals surface area contributed by atoms with Crippen molar-refractivity contribution in [3.63, 3.8) is 0 Å². The summed E-state index contributed by atoms with van der Waals surface area (Å²) in [5, 5.41) is 6.76. The third kappa shape index (κ3) is 5.70. The second-order valence-electron chi connectivity index (χ2n) is 7.95. The van der Waals surface area contributed by atoms with Crippen LogP contribution in [0.3, 0.4) is 0 Å². The Morgan fingerprint density at radius 3 is 2.58 bits per heavy atom. The molecule has 1 amide bonds. The number of hydrogen-bond donors (Lipinski definition) is 1. The molecule has 6 nitrogen and oxygen atoms in total. The molecule has 2 aromatic carbocycles. The van der Waals surface area contributed by atoms with Gasteiger partial charge in [-0.15, -0.1) is 0 Å². The maximum Gasteiger partial charge on any atom is 0.250 e. The maximum absolute atomic E-state index is 13.0. The molecule has 0 spiro atoms. The minimum Gasteiger partial charge on any atom is -0.372 e. The van der Waals surface area contributed by atoms with Crippen molar-refractivity contribution >= 4 is 17.3 Å². The van der Waals surface area contributed by atoms with Gasteiger partial charge in [0.2, 0.25) is 5.91 Å². The number of carbonyl (C=O) groups is 1. The Morgan fingerprint density at radius 2 is 1.87 bits per heavy atom. The van der Waals surface area contributed by atoms with E-state index in [4.69, 9.17) is 9.26 Å². The summed E-state index contributed by atoms with van der Waals surface area (Å²) in [7, 11) is 0. The lowest BCUT2D eigenvalue weighted by atomic mass is 9.99. The number of anilines is 2. The van der Waals surface area contributed by atoms with Crippen molar-refractivity contribution in [2.45, 2.75) is 26.4 Å². The Bertz CT molecular complexity index is 994. The molecule has 4 rings (SSSR count). The lowest BCUT2D eigenvalue weighted by Gasteiger charge is -2.32. The van der Waals surface area contributed by atoms with Gasteiger partial charge < -0.3 is 19.5 Å². The summed E-state index contributed by atoms with van der Waals surface area (Å²) in [6.07, 6.45) is 2.43. The topological polar surface area (TPSA) is 67.6 Å². The van der Waals surface area contributed by atoms with Crippen LogP contribution in [0.2, 0.25) is 0 Å². The number of ether oxygens (including phenoxy) is 1. The van der Waals surface area contributed by atoms with Crippen molar-refractivity contribution in [2.24, 2.45) is 5.92 Å². The standard InChI is InChI=1S/C24H26FN3O3/c1-17-10-12-28(13-11-17)22-8-6-20(7-9-22)26-24(29)16-30-15-21-14-23(31-27-21)18-2-4-19(25)5-3-18/h2-9,14,17H,10-13,15-16H2,1H3,(H,26,29). The number of amides is 1. The summed E-state index contributed by atoms with van der Waals surface area (Å²) in [5.74, 6) is 0.767. The predicted molar refractivity (Wildman–Crippen MR) is 117 cm³/mol. The fourth-order valence-electron chi connectivity index (χ4n) is 3.60. The quantitative estimate of drug-likeness (QED) is 0.587. The first-order chi connectivity index (χ1) is 15.1. The largest absolute Gasteiger partial charge is 0.372 e. The van der Waals surface area contributed by atoms with E-state index in [0.29, 0.717) is 11.5 Å². The van der Waals surface area contributed by atoms with E-state index in [-0.39, 0.29) is 24.9 Å². The zero-order valence-corrected chi connectivity index (χ0v) is 17.5. The van der Waals surface area contributed by atoms with Crippen molar-refractivity contribution in [1.82, 2.24) is 5.16 Å². The van der Waals surface area contributed by atoms with Gasteiger partial charge in [-0.05, 0) is 67.3 Å². The fraction of sp³-hybridized carbons (Fsp3) is 0.333. The molecule has 1 N–H and O–H groups in total. The minimum absolute atomic E-state index is 0.0928. The first-order valence-electron chi connectivity index (χ1n) is 10.5. The lowest BCUT2D eigenvalue weighted by Crippen LogP contribution is -2.32. The summed E-state index contributed by atoms with van der Waals surface area (Å²) < 4.78 is 23.7. The molecule has 0 unspecified atom stereocenters. The SMILES string of the molecule is CC1CCN(c2ccc(NC(=O)COCc3cc(-c4ccc(F)cc4)on3)cc2)CC1. The molecule has 1 aliphatic heterocycles. The summed E-state index contributed by atoms with van der Waals surface area (Å²) in [6.45, 7) is 4.50. The van der Waals surface area contributed by atoms with E-state index >= 15 is 0 Å². The number of hydrogen-bond acceptors (Lipinski definition) is 5. The van der Waals surface area contributed by atoms with E-state index in [1.54, 1.807) is 18.2 Å². The van der Waals surface area contributed by atoms with Crippen LogP contribution in [0.1, 0.15) is 25.5 Å². The zero-order valence-electron chi connectivity index (χ0n) is 17.5. The maximum atomic E-state index is 13.0. The minimum atomic E-state index is -0.311. The molecule has 0 saturated carbocycles. The van der Waals surface area contributed by atoms with E-state index in [0.717, 1.165) is 30.3 Å². The van der Waals surface area contributed by atoms with Gasteiger partial charge in [-0.1, -0.05) is 12.1 Å². The molecule has 3 aromatic rings. The van der Waals surface area contributed by atoms with E-state index in [1.165, 1.54) is 30.7 Å². The van der Waals surface area contributed by atoms with Crippen LogP contribution in [0, 0.1) is 11.7 Å². The summed E-state index contributed by atoms with van der Waals surface area (Å²) >= 11 is 0. The van der Waals surface area contributed by atoms with Crippen LogP contribution < -0.4 is 10.2 Å². The van der Waals surface area contributed by atoms with Gasteiger partial charge in [0.15, 0.2) is 5.76 Å². The number of benzene rings is 2. The Hall–Kier alpha value is -3.19. The summed E-state index contributed by atoms with van der Waals surface area (Å²) in [4.78, 5) is 14.5. The first kappa shape index (κ1) is 21.1. The van der Waals surface area contributed by atoms with Crippen molar-refractivity contribution in [1.29, 1.82) is 0 Å². The highest BCUT2D eigenvalue weighted by molar-refractivity contribution is 5.91. The molecular weight excluding hydrogens is 397 g/mol. The first-order valence-corrected chi connectivity index (χ1v) is 10.5. The van der Waals surface area contributed by atoms with E-state index in [9.17, 15) is 9.18 Å². The van der Waals surface area contributed by atoms with Crippen molar-refractivity contribution in [3.8, 4) is 11.3 Å². The van der Waals surface area contributed by atoms with Crippen LogP contribution in [-0.4, -0.2) is 30.8 Å². The molecular formula is C24H26FN3O3. The van der Waals surface area contributed by atoms with Crippen molar-refractivity contribution in [2.75, 3.05) is 29.9 Å². The smallest absolute Gasteiger partial charge is 0.250 e. The van der Waals surface area contributed by atoms with Crippen LogP contribution in [0.4, 0.5) is 15.8 Å². The average molecular weight is 423 g/mol. The van der Waals surface area contributed by atoms with Crippen LogP contribution in [0.25, 0.3) is 11.3 Å². The molecule has 2 heterocycles. The summed E-state index contributed by atoms with van der Waals surface area (Å²) in [5.41, 5.74) is 3.21. The van der Waals surface area contributed by atoms with Gasteiger partial charge in [-0.2, -0.15) is 0 Å². The number of rotatable bonds is 7. The highest BCUT2D eigenvalue weighted by Gasteiger charge is 2.16. The molecule has 0 atom stereocenters. The molecule has 0 radical (unpaired) electrons. The number of nitrogens with zero attached hydrogens (tertiary/aromatic N) is 2. The van der Waals surface area contributed by atoms with Gasteiger partial charge >= 0.3 is 0 Å². The third-order valence-corrected chi connectivity index (χ3v) is 5.47. The summed E-state index contributed by atoms with van der Waals surface area (Å²) in [6, 6.07) is 15.6. The number of aromatic nitrogens is 1. The normalized spacial score (nSPS) is 14.6. The molecule has 1 fully saturated rings. The van der Waals surface area contributed by atoms with Gasteiger partial charge in [0.25, 0.3) is 0 Å². The van der Waals surface area contributed by atoms with E-state index in [2.05, 4.69) is 22.3 Å². The van der Waals surface area contributed by atoms with Crippen LogP contribution in [0.15, 0.2) is 59.1 Å². The Morgan fingerprint density at radius 1 is 1.16 bits per heavy atom. The van der Waals surface area contributed by atoms with Gasteiger partial charge in [-0.3, -0.25) is 4.79 Å². The van der Waals surface area contributed by atoms with Gasteiger partial charge in [0.1, 0.15) is 18.1 Å². The Balaban J connectivity index is 1.22. The molecule has 1 aromatic heterocycles. The number of carbonyl (C=O) groups excluding carboxylic acids is 1. The fourth-order valence-corrected chi connectivity index (χ4v) is 3.60. The van der Waals surface area contributed by atoms with E-state index < -0.39 is 0 Å². The molecule has 0 bridgehead atoms. The van der Waals surface area contributed by atoms with Crippen LogP contribution in [-0.2, 0) is 16.1 Å². The van der Waals surface area contributed by atoms with Crippen molar-refractivity contribution in [3.05, 3.63) is 66.1 Å². The number of piperidine rings is 1. The van der Waals surface area contributed by atoms with Crippen LogP contribution >= 0.6 is 0 Å². The molecule has 162 valence electrons. The number of nitrogens with one attached hydrogen (secondary N) is 1.